The first-order valence-electron chi connectivity index (χ1n) is 9.66. The van der Waals surface area contributed by atoms with Crippen LogP contribution in [0.1, 0.15) is 31.4 Å². The molecule has 31 heavy (non-hydrogen) atoms. The number of nitrogens with zero attached hydrogens (tertiary/aromatic N) is 3. The number of carbonyl (C=O) groups is 1. The number of allylic oxidation sites excluding steroid dienone is 1. The van der Waals surface area contributed by atoms with Crippen LogP contribution in [0.4, 0.5) is 5.69 Å². The molecule has 1 aliphatic carbocycles. The molecule has 2 aromatic heterocycles. The van der Waals surface area contributed by atoms with E-state index in [0.29, 0.717) is 22.9 Å². The lowest BCUT2D eigenvalue weighted by molar-refractivity contribution is -0.112. The summed E-state index contributed by atoms with van der Waals surface area (Å²) in [6.07, 6.45) is 3.87. The quantitative estimate of drug-likeness (QED) is 0.394. The second kappa shape index (κ2) is 8.40. The maximum Gasteiger partial charge on any atom is 0.437 e. The van der Waals surface area contributed by atoms with Crippen LogP contribution in [0.3, 0.4) is 0 Å². The fourth-order valence-electron chi connectivity index (χ4n) is 3.22. The number of hydrogen-bond donors (Lipinski definition) is 3. The highest BCUT2D eigenvalue weighted by molar-refractivity contribution is 8.01. The Morgan fingerprint density at radius 2 is 1.97 bits per heavy atom. The summed E-state index contributed by atoms with van der Waals surface area (Å²) in [5, 5.41) is 12.4. The molecule has 1 aliphatic rings. The van der Waals surface area contributed by atoms with Crippen molar-refractivity contribution >= 4 is 23.5 Å². The standard InChI is InChI=1S/C21H22N6O3S/c1-11(22)18(31-23)19(28)25-15-7-5-12(6-8-15)16-9-14(10-24-17(16)13-3-4-13)20-26-27(2)21(29)30-20/h5-10,13H,3-4,22-23H2,1-2H3,(H,25,28)/b18-11-. The molecule has 0 radical (unpaired) electrons. The molecular formula is C21H22N6O3S. The normalized spacial score (nSPS) is 14.3. The van der Waals surface area contributed by atoms with E-state index in [1.807, 2.05) is 30.3 Å². The summed E-state index contributed by atoms with van der Waals surface area (Å²) >= 11 is 0.815. The molecule has 0 unspecified atom stereocenters. The van der Waals surface area contributed by atoms with Gasteiger partial charge in [-0.15, -0.1) is 5.10 Å². The molecule has 3 aromatic rings. The Bertz CT molecular complexity index is 1220. The van der Waals surface area contributed by atoms with Crippen LogP contribution in [0.25, 0.3) is 22.6 Å². The van der Waals surface area contributed by atoms with Crippen molar-refractivity contribution in [2.75, 3.05) is 5.32 Å². The highest BCUT2D eigenvalue weighted by Gasteiger charge is 2.28. The first kappa shape index (κ1) is 20.9. The first-order valence-corrected chi connectivity index (χ1v) is 10.5. The van der Waals surface area contributed by atoms with Crippen molar-refractivity contribution in [2.24, 2.45) is 17.9 Å². The minimum Gasteiger partial charge on any atom is -0.401 e. The van der Waals surface area contributed by atoms with Crippen molar-refractivity contribution in [1.82, 2.24) is 14.8 Å². The van der Waals surface area contributed by atoms with Gasteiger partial charge in [0.05, 0.1) is 11.3 Å². The second-order valence-corrected chi connectivity index (χ2v) is 8.03. The first-order chi connectivity index (χ1) is 14.9. The summed E-state index contributed by atoms with van der Waals surface area (Å²) in [6, 6.07) is 9.36. The topological polar surface area (TPSA) is 142 Å². The van der Waals surface area contributed by atoms with Gasteiger partial charge >= 0.3 is 5.76 Å². The van der Waals surface area contributed by atoms with Gasteiger partial charge in [0.1, 0.15) is 4.91 Å². The van der Waals surface area contributed by atoms with Crippen LogP contribution < -0.4 is 21.9 Å². The number of nitrogens with one attached hydrogen (secondary N) is 1. The van der Waals surface area contributed by atoms with Crippen LogP contribution in [0.5, 0.6) is 0 Å². The Morgan fingerprint density at radius 3 is 2.52 bits per heavy atom. The molecule has 0 bridgehead atoms. The Balaban J connectivity index is 1.65. The third-order valence-electron chi connectivity index (χ3n) is 4.95. The van der Waals surface area contributed by atoms with Crippen LogP contribution in [0.15, 0.2) is 56.3 Å². The molecule has 1 saturated carbocycles. The molecule has 0 saturated heterocycles. The van der Waals surface area contributed by atoms with E-state index in [1.54, 1.807) is 13.1 Å². The van der Waals surface area contributed by atoms with Gasteiger partial charge in [0.15, 0.2) is 0 Å². The number of aryl methyl sites for hydroxylation is 1. The lowest BCUT2D eigenvalue weighted by Gasteiger charge is -2.12. The van der Waals surface area contributed by atoms with E-state index in [9.17, 15) is 9.59 Å². The molecule has 4 rings (SSSR count). The Hall–Kier alpha value is -3.37. The minimum atomic E-state index is -0.528. The zero-order valence-corrected chi connectivity index (χ0v) is 17.9. The molecule has 5 N–H and O–H groups in total. The van der Waals surface area contributed by atoms with Crippen molar-refractivity contribution < 1.29 is 9.21 Å². The number of benzene rings is 1. The van der Waals surface area contributed by atoms with Gasteiger partial charge in [0, 0.05) is 36.1 Å². The largest absolute Gasteiger partial charge is 0.437 e. The van der Waals surface area contributed by atoms with Gasteiger partial charge in [0.25, 0.3) is 11.8 Å². The molecule has 10 heteroatoms. The molecule has 1 fully saturated rings. The van der Waals surface area contributed by atoms with E-state index in [0.717, 1.165) is 46.3 Å². The summed E-state index contributed by atoms with van der Waals surface area (Å²) < 4.78 is 6.35. The minimum absolute atomic E-state index is 0.225. The Kier molecular flexibility index (Phi) is 5.66. The average Bonchev–Trinajstić information content (AvgIpc) is 3.53. The zero-order valence-electron chi connectivity index (χ0n) is 17.1. The van der Waals surface area contributed by atoms with E-state index in [-0.39, 0.29) is 16.7 Å². The molecule has 0 aliphatic heterocycles. The van der Waals surface area contributed by atoms with Crippen LogP contribution in [-0.4, -0.2) is 20.7 Å². The number of anilines is 1. The summed E-state index contributed by atoms with van der Waals surface area (Å²) in [5.74, 6) is -0.239. The van der Waals surface area contributed by atoms with Gasteiger partial charge in [-0.05, 0) is 55.5 Å². The number of carbonyl (C=O) groups excluding carboxylic acids is 1. The van der Waals surface area contributed by atoms with Crippen LogP contribution >= 0.6 is 11.9 Å². The maximum atomic E-state index is 12.3. The number of nitrogens with two attached hydrogens (primary N) is 2. The number of pyridine rings is 1. The number of hydrogen-bond acceptors (Lipinski definition) is 8. The summed E-state index contributed by atoms with van der Waals surface area (Å²) in [7, 11) is 1.53. The second-order valence-electron chi connectivity index (χ2n) is 7.39. The number of amides is 1. The summed E-state index contributed by atoms with van der Waals surface area (Å²) in [6.45, 7) is 1.63. The van der Waals surface area contributed by atoms with Crippen LogP contribution in [0, 0.1) is 0 Å². The van der Waals surface area contributed by atoms with E-state index >= 15 is 0 Å². The smallest absolute Gasteiger partial charge is 0.401 e. The van der Waals surface area contributed by atoms with Gasteiger partial charge in [0.2, 0.25) is 0 Å². The predicted octanol–water partition coefficient (Wildman–Crippen LogP) is 2.72. The Labute approximate surface area is 182 Å². The van der Waals surface area contributed by atoms with Crippen molar-refractivity contribution in [2.45, 2.75) is 25.7 Å². The maximum absolute atomic E-state index is 12.3. The van der Waals surface area contributed by atoms with Gasteiger partial charge in [-0.25, -0.2) is 4.79 Å². The zero-order chi connectivity index (χ0) is 22.1. The molecule has 0 spiro atoms. The van der Waals surface area contributed by atoms with Gasteiger partial charge < -0.3 is 15.5 Å². The van der Waals surface area contributed by atoms with Gasteiger partial charge in [-0.3, -0.25) is 14.9 Å². The number of rotatable bonds is 6. The van der Waals surface area contributed by atoms with Crippen LogP contribution in [0.2, 0.25) is 0 Å². The average molecular weight is 439 g/mol. The van der Waals surface area contributed by atoms with Gasteiger partial charge in [-0.1, -0.05) is 12.1 Å². The third-order valence-corrected chi connectivity index (χ3v) is 5.70. The fourth-order valence-corrected chi connectivity index (χ4v) is 3.56. The summed E-state index contributed by atoms with van der Waals surface area (Å²) in [5.41, 5.74) is 10.2. The molecule has 1 aromatic carbocycles. The molecule has 1 amide bonds. The molecule has 2 heterocycles. The van der Waals surface area contributed by atoms with Crippen molar-refractivity contribution in [1.29, 1.82) is 0 Å². The van der Waals surface area contributed by atoms with Crippen LogP contribution in [-0.2, 0) is 11.8 Å². The molecule has 9 nitrogen and oxygen atoms in total. The predicted molar refractivity (Wildman–Crippen MR) is 120 cm³/mol. The number of aromatic nitrogens is 3. The third kappa shape index (κ3) is 4.39. The lowest BCUT2D eigenvalue weighted by Crippen LogP contribution is -2.17. The highest BCUT2D eigenvalue weighted by atomic mass is 32.2. The van der Waals surface area contributed by atoms with Crippen molar-refractivity contribution in [3.63, 3.8) is 0 Å². The summed E-state index contributed by atoms with van der Waals surface area (Å²) in [4.78, 5) is 28.9. The van der Waals surface area contributed by atoms with Crippen molar-refractivity contribution in [3.05, 3.63) is 63.4 Å². The van der Waals surface area contributed by atoms with Crippen molar-refractivity contribution in [3.8, 4) is 22.6 Å². The molecule has 0 atom stereocenters. The van der Waals surface area contributed by atoms with Gasteiger partial charge in [-0.2, -0.15) is 4.68 Å². The SMILES string of the molecule is C/C(N)=C(/SN)C(=O)Nc1ccc(-c2cc(-c3nn(C)c(=O)o3)cnc2C2CC2)cc1. The Morgan fingerprint density at radius 1 is 1.26 bits per heavy atom. The lowest BCUT2D eigenvalue weighted by atomic mass is 9.99. The van der Waals surface area contributed by atoms with E-state index < -0.39 is 5.76 Å². The van der Waals surface area contributed by atoms with E-state index in [1.165, 1.54) is 7.05 Å². The monoisotopic (exact) mass is 438 g/mol. The highest BCUT2D eigenvalue weighted by Crippen LogP contribution is 2.44. The van der Waals surface area contributed by atoms with E-state index in [2.05, 4.69) is 15.4 Å². The molecule has 160 valence electrons. The fraction of sp³-hybridized carbons (Fsp3) is 0.238. The van der Waals surface area contributed by atoms with E-state index in [4.69, 9.17) is 15.3 Å². The molecular weight excluding hydrogens is 416 g/mol.